The summed E-state index contributed by atoms with van der Waals surface area (Å²) in [5.74, 6) is -0.140. The van der Waals surface area contributed by atoms with E-state index in [1.807, 2.05) is 24.3 Å². The van der Waals surface area contributed by atoms with Crippen LogP contribution in [0, 0.1) is 11.3 Å². The van der Waals surface area contributed by atoms with Crippen LogP contribution in [0.2, 0.25) is 0 Å². The first-order chi connectivity index (χ1) is 9.19. The van der Waals surface area contributed by atoms with Gasteiger partial charge in [0.25, 0.3) is 0 Å². The maximum Gasteiger partial charge on any atom is 0.223 e. The number of ether oxygens (including phenoxy) is 1. The van der Waals surface area contributed by atoms with E-state index in [0.29, 0.717) is 6.42 Å². The largest absolute Gasteiger partial charge is 0.378 e. The second kappa shape index (κ2) is 6.69. The van der Waals surface area contributed by atoms with Gasteiger partial charge < -0.3 is 10.1 Å². The van der Waals surface area contributed by atoms with E-state index in [1.54, 1.807) is 0 Å². The van der Waals surface area contributed by atoms with Gasteiger partial charge in [-0.05, 0) is 30.5 Å². The molecule has 1 amide bonds. The fraction of sp³-hybridized carbons (Fsp3) is 0.429. The molecule has 19 heavy (non-hydrogen) atoms. The summed E-state index contributed by atoms with van der Waals surface area (Å²) in [4.78, 5) is 11.9. The quantitative estimate of drug-likeness (QED) is 0.927. The van der Waals surface area contributed by atoms with Gasteiger partial charge in [0.2, 0.25) is 5.91 Å². The predicted molar refractivity (Wildman–Crippen MR) is 74.2 cm³/mol. The van der Waals surface area contributed by atoms with Gasteiger partial charge in [-0.3, -0.25) is 4.79 Å². The van der Waals surface area contributed by atoms with Crippen LogP contribution in [0.15, 0.2) is 28.7 Å². The molecule has 2 unspecified atom stereocenters. The number of hydrogen-bond donors (Lipinski definition) is 1. The minimum Gasteiger partial charge on any atom is -0.378 e. The zero-order chi connectivity index (χ0) is 13.7. The van der Waals surface area contributed by atoms with Crippen molar-refractivity contribution in [3.8, 4) is 6.07 Å². The first-order valence-electron chi connectivity index (χ1n) is 6.25. The molecular formula is C14H15BrN2O2. The Hall–Kier alpha value is -1.38. The number of hydrogen-bond acceptors (Lipinski definition) is 3. The highest BCUT2D eigenvalue weighted by Crippen LogP contribution is 2.19. The molecule has 5 heteroatoms. The summed E-state index contributed by atoms with van der Waals surface area (Å²) in [6.45, 7) is 0.727. The van der Waals surface area contributed by atoms with Crippen molar-refractivity contribution < 1.29 is 9.53 Å². The fourth-order valence-electron chi connectivity index (χ4n) is 2.11. The van der Waals surface area contributed by atoms with Crippen LogP contribution in [0.1, 0.15) is 30.9 Å². The smallest absolute Gasteiger partial charge is 0.223 e. The third-order valence-electron chi connectivity index (χ3n) is 3.05. The highest BCUT2D eigenvalue weighted by molar-refractivity contribution is 9.10. The molecule has 0 bridgehead atoms. The Labute approximate surface area is 120 Å². The van der Waals surface area contributed by atoms with Gasteiger partial charge in [0.1, 0.15) is 6.04 Å². The minimum atomic E-state index is -0.619. The molecule has 0 spiro atoms. The van der Waals surface area contributed by atoms with E-state index >= 15 is 0 Å². The number of nitriles is 1. The lowest BCUT2D eigenvalue weighted by Gasteiger charge is -2.14. The van der Waals surface area contributed by atoms with Crippen molar-refractivity contribution in [3.05, 3.63) is 34.3 Å². The number of rotatable bonds is 4. The molecule has 1 aromatic carbocycles. The predicted octanol–water partition coefficient (Wildman–Crippen LogP) is 2.70. The Bertz CT molecular complexity index is 492. The molecule has 0 radical (unpaired) electrons. The van der Waals surface area contributed by atoms with E-state index in [9.17, 15) is 4.79 Å². The van der Waals surface area contributed by atoms with E-state index in [0.717, 1.165) is 29.5 Å². The molecule has 1 heterocycles. The van der Waals surface area contributed by atoms with Crippen LogP contribution < -0.4 is 5.32 Å². The number of nitrogens with zero attached hydrogens (tertiary/aromatic N) is 1. The number of benzene rings is 1. The van der Waals surface area contributed by atoms with E-state index in [2.05, 4.69) is 27.3 Å². The second-order valence-electron chi connectivity index (χ2n) is 4.52. The molecular weight excluding hydrogens is 308 g/mol. The molecule has 0 saturated carbocycles. The zero-order valence-electron chi connectivity index (χ0n) is 10.4. The SMILES string of the molecule is N#CC(NC(=O)CC1CCCO1)c1cccc(Br)c1. The average Bonchev–Trinajstić information content (AvgIpc) is 2.88. The van der Waals surface area contributed by atoms with Gasteiger partial charge in [0.05, 0.1) is 18.6 Å². The lowest BCUT2D eigenvalue weighted by Crippen LogP contribution is -2.30. The highest BCUT2D eigenvalue weighted by atomic mass is 79.9. The van der Waals surface area contributed by atoms with Crippen molar-refractivity contribution in [1.82, 2.24) is 5.32 Å². The third kappa shape index (κ3) is 4.05. The fourth-order valence-corrected chi connectivity index (χ4v) is 2.53. The van der Waals surface area contributed by atoms with Gasteiger partial charge >= 0.3 is 0 Å². The number of carbonyl (C=O) groups is 1. The number of halogens is 1. The van der Waals surface area contributed by atoms with Gasteiger partial charge in [0.15, 0.2) is 0 Å². The van der Waals surface area contributed by atoms with Gasteiger partial charge in [0, 0.05) is 11.1 Å². The van der Waals surface area contributed by atoms with Gasteiger partial charge in [-0.1, -0.05) is 28.1 Å². The van der Waals surface area contributed by atoms with E-state index < -0.39 is 6.04 Å². The third-order valence-corrected chi connectivity index (χ3v) is 3.55. The van der Waals surface area contributed by atoms with Crippen molar-refractivity contribution in [2.45, 2.75) is 31.4 Å². The van der Waals surface area contributed by atoms with Crippen molar-refractivity contribution in [2.24, 2.45) is 0 Å². The van der Waals surface area contributed by atoms with Crippen LogP contribution in [-0.2, 0) is 9.53 Å². The number of amides is 1. The zero-order valence-corrected chi connectivity index (χ0v) is 12.0. The summed E-state index contributed by atoms with van der Waals surface area (Å²) in [7, 11) is 0. The second-order valence-corrected chi connectivity index (χ2v) is 5.44. The first-order valence-corrected chi connectivity index (χ1v) is 7.04. The summed E-state index contributed by atoms with van der Waals surface area (Å²) < 4.78 is 6.30. The Balaban J connectivity index is 1.95. The van der Waals surface area contributed by atoms with Crippen LogP contribution in [0.5, 0.6) is 0 Å². The van der Waals surface area contributed by atoms with Crippen LogP contribution in [-0.4, -0.2) is 18.6 Å². The molecule has 2 rings (SSSR count). The molecule has 1 aliphatic rings. The first kappa shape index (κ1) is 14.0. The summed E-state index contributed by atoms with van der Waals surface area (Å²) in [5.41, 5.74) is 0.776. The minimum absolute atomic E-state index is 0.00172. The Morgan fingerprint density at radius 2 is 2.47 bits per heavy atom. The molecule has 1 fully saturated rings. The van der Waals surface area contributed by atoms with Crippen molar-refractivity contribution in [3.63, 3.8) is 0 Å². The molecule has 2 atom stereocenters. The molecule has 1 N–H and O–H groups in total. The molecule has 100 valence electrons. The highest BCUT2D eigenvalue weighted by Gasteiger charge is 2.21. The number of nitrogens with one attached hydrogen (secondary N) is 1. The maximum atomic E-state index is 11.9. The summed E-state index contributed by atoms with van der Waals surface area (Å²) in [6, 6.07) is 8.87. The molecule has 4 nitrogen and oxygen atoms in total. The van der Waals surface area contributed by atoms with Gasteiger partial charge in [-0.25, -0.2) is 0 Å². The van der Waals surface area contributed by atoms with Gasteiger partial charge in [-0.2, -0.15) is 5.26 Å². The van der Waals surface area contributed by atoms with E-state index in [-0.39, 0.29) is 12.0 Å². The number of carbonyl (C=O) groups excluding carboxylic acids is 1. The van der Waals surface area contributed by atoms with Crippen LogP contribution in [0.25, 0.3) is 0 Å². The summed E-state index contributed by atoms with van der Waals surface area (Å²) in [5, 5.41) is 11.9. The Kier molecular flexibility index (Phi) is 4.94. The summed E-state index contributed by atoms with van der Waals surface area (Å²) in [6.07, 6.45) is 2.25. The Morgan fingerprint density at radius 1 is 1.63 bits per heavy atom. The topological polar surface area (TPSA) is 62.1 Å². The molecule has 1 aliphatic heterocycles. The molecule has 0 aliphatic carbocycles. The van der Waals surface area contributed by atoms with Crippen molar-refractivity contribution >= 4 is 21.8 Å². The van der Waals surface area contributed by atoms with Crippen LogP contribution >= 0.6 is 15.9 Å². The standard InChI is InChI=1S/C14H15BrN2O2/c15-11-4-1-3-10(7-11)13(9-16)17-14(18)8-12-5-2-6-19-12/h1,3-4,7,12-13H,2,5-6,8H2,(H,17,18). The normalized spacial score (nSPS) is 19.7. The Morgan fingerprint density at radius 3 is 3.11 bits per heavy atom. The summed E-state index contributed by atoms with van der Waals surface area (Å²) >= 11 is 3.35. The van der Waals surface area contributed by atoms with Crippen molar-refractivity contribution in [1.29, 1.82) is 5.26 Å². The van der Waals surface area contributed by atoms with Crippen LogP contribution in [0.4, 0.5) is 0 Å². The van der Waals surface area contributed by atoms with E-state index in [4.69, 9.17) is 10.00 Å². The van der Waals surface area contributed by atoms with E-state index in [1.165, 1.54) is 0 Å². The van der Waals surface area contributed by atoms with Crippen LogP contribution in [0.3, 0.4) is 0 Å². The lowest BCUT2D eigenvalue weighted by molar-refractivity contribution is -0.123. The molecule has 1 saturated heterocycles. The molecule has 0 aromatic heterocycles. The average molecular weight is 323 g/mol. The maximum absolute atomic E-state index is 11.9. The lowest BCUT2D eigenvalue weighted by atomic mass is 10.1. The van der Waals surface area contributed by atoms with Crippen molar-refractivity contribution in [2.75, 3.05) is 6.61 Å². The van der Waals surface area contributed by atoms with Gasteiger partial charge in [-0.15, -0.1) is 0 Å². The molecule has 1 aromatic rings. The monoisotopic (exact) mass is 322 g/mol.